The Hall–Kier alpha value is -2.31. The third-order valence-corrected chi connectivity index (χ3v) is 4.95. The van der Waals surface area contributed by atoms with Crippen LogP contribution in [0.15, 0.2) is 30.3 Å². The number of rotatable bonds is 4. The fourth-order valence-electron chi connectivity index (χ4n) is 3.46. The van der Waals surface area contributed by atoms with Crippen LogP contribution in [0.25, 0.3) is 0 Å². The van der Waals surface area contributed by atoms with E-state index in [0.717, 1.165) is 11.1 Å². The van der Waals surface area contributed by atoms with Crippen LogP contribution in [-0.2, 0) is 6.54 Å². The molecule has 138 valence electrons. The first-order chi connectivity index (χ1) is 12.3. The number of thiocarbonyl (C=S) groups is 1. The smallest absolute Gasteiger partial charge is 0.185 e. The summed E-state index contributed by atoms with van der Waals surface area (Å²) in [4.78, 5) is 2.00. The number of aromatic hydroxyl groups is 2. The summed E-state index contributed by atoms with van der Waals surface area (Å²) in [6.07, 6.45) is -0.318. The zero-order chi connectivity index (χ0) is 19.0. The summed E-state index contributed by atoms with van der Waals surface area (Å²) >= 11 is 5.46. The Morgan fingerprint density at radius 2 is 1.69 bits per heavy atom. The van der Waals surface area contributed by atoms with Gasteiger partial charge < -0.3 is 15.1 Å². The van der Waals surface area contributed by atoms with E-state index in [1.165, 1.54) is 17.2 Å². The standard InChI is InChI=1S/C20H25N3O2S/c1-11(2)15-8-16(18(25)9-17(15)24)19-21-22-20(26)23(19)10-14-6-12(3)5-13(4)7-14/h5-9,11,19,21,24-25H,10H2,1-4H3,(H,22,26). The molecule has 0 spiro atoms. The van der Waals surface area contributed by atoms with Gasteiger partial charge >= 0.3 is 0 Å². The molecule has 0 amide bonds. The largest absolute Gasteiger partial charge is 0.508 e. The second-order valence-corrected chi connectivity index (χ2v) is 7.61. The van der Waals surface area contributed by atoms with Crippen LogP contribution < -0.4 is 10.9 Å². The Morgan fingerprint density at radius 3 is 2.31 bits per heavy atom. The van der Waals surface area contributed by atoms with Gasteiger partial charge in [0.1, 0.15) is 17.7 Å². The number of hydrogen-bond acceptors (Lipinski definition) is 4. The van der Waals surface area contributed by atoms with E-state index in [2.05, 4.69) is 42.9 Å². The van der Waals surface area contributed by atoms with E-state index in [1.54, 1.807) is 0 Å². The second kappa shape index (κ2) is 7.13. The molecule has 1 aliphatic heterocycles. The molecule has 0 bridgehead atoms. The molecule has 2 aromatic rings. The van der Waals surface area contributed by atoms with Crippen LogP contribution in [0.1, 0.15) is 53.7 Å². The predicted octanol–water partition coefficient (Wildman–Crippen LogP) is 3.73. The van der Waals surface area contributed by atoms with E-state index in [0.29, 0.717) is 17.2 Å². The Balaban J connectivity index is 1.96. The molecule has 1 aliphatic rings. The highest BCUT2D eigenvalue weighted by Crippen LogP contribution is 2.37. The minimum absolute atomic E-state index is 0.0429. The van der Waals surface area contributed by atoms with Crippen molar-refractivity contribution >= 4 is 17.3 Å². The summed E-state index contributed by atoms with van der Waals surface area (Å²) in [5, 5.41) is 21.1. The van der Waals surface area contributed by atoms with E-state index in [-0.39, 0.29) is 23.6 Å². The van der Waals surface area contributed by atoms with Crippen LogP contribution >= 0.6 is 12.2 Å². The van der Waals surface area contributed by atoms with Crippen LogP contribution in [0.4, 0.5) is 0 Å². The molecule has 4 N–H and O–H groups in total. The number of aryl methyl sites for hydroxylation is 2. The van der Waals surface area contributed by atoms with Crippen molar-refractivity contribution in [3.8, 4) is 11.5 Å². The molecule has 1 unspecified atom stereocenters. The number of hydrazine groups is 1. The van der Waals surface area contributed by atoms with Gasteiger partial charge in [-0.15, -0.1) is 0 Å². The highest BCUT2D eigenvalue weighted by Gasteiger charge is 2.31. The van der Waals surface area contributed by atoms with Crippen molar-refractivity contribution in [1.82, 2.24) is 15.8 Å². The van der Waals surface area contributed by atoms with Gasteiger partial charge in [-0.1, -0.05) is 43.2 Å². The number of phenolic OH excluding ortho intramolecular Hbond substituents is 2. The summed E-state index contributed by atoms with van der Waals surface area (Å²) in [5.41, 5.74) is 11.2. The molecule has 3 rings (SSSR count). The molecule has 1 heterocycles. The van der Waals surface area contributed by atoms with Gasteiger partial charge in [0.2, 0.25) is 0 Å². The van der Waals surface area contributed by atoms with Crippen LogP contribution in [0, 0.1) is 13.8 Å². The highest BCUT2D eigenvalue weighted by atomic mass is 32.1. The van der Waals surface area contributed by atoms with Crippen LogP contribution in [0.3, 0.4) is 0 Å². The molecule has 5 nitrogen and oxygen atoms in total. The third-order valence-electron chi connectivity index (χ3n) is 4.62. The number of benzene rings is 2. The molecule has 1 saturated heterocycles. The monoisotopic (exact) mass is 371 g/mol. The second-order valence-electron chi connectivity index (χ2n) is 7.23. The van der Waals surface area contributed by atoms with Crippen molar-refractivity contribution in [3.63, 3.8) is 0 Å². The fraction of sp³-hybridized carbons (Fsp3) is 0.350. The molecule has 26 heavy (non-hydrogen) atoms. The quantitative estimate of drug-likeness (QED) is 0.614. The Bertz CT molecular complexity index is 831. The molecule has 0 radical (unpaired) electrons. The molecule has 0 saturated carbocycles. The van der Waals surface area contributed by atoms with Gasteiger partial charge in [-0.2, -0.15) is 0 Å². The number of nitrogens with zero attached hydrogens (tertiary/aromatic N) is 1. The summed E-state index contributed by atoms with van der Waals surface area (Å²) in [6.45, 7) is 8.78. The Labute approximate surface area is 159 Å². The van der Waals surface area contributed by atoms with Crippen molar-refractivity contribution < 1.29 is 10.2 Å². The van der Waals surface area contributed by atoms with Crippen molar-refractivity contribution in [2.45, 2.75) is 46.3 Å². The lowest BCUT2D eigenvalue weighted by atomic mass is 9.97. The maximum atomic E-state index is 10.4. The van der Waals surface area contributed by atoms with Crippen LogP contribution in [0.2, 0.25) is 0 Å². The summed E-state index contributed by atoms with van der Waals surface area (Å²) in [7, 11) is 0. The average Bonchev–Trinajstić information content (AvgIpc) is 2.87. The number of hydrogen-bond donors (Lipinski definition) is 4. The lowest BCUT2D eigenvalue weighted by molar-refractivity contribution is 0.298. The normalized spacial score (nSPS) is 17.0. The number of phenols is 2. The average molecular weight is 372 g/mol. The van der Waals surface area contributed by atoms with Crippen molar-refractivity contribution in [3.05, 3.63) is 58.1 Å². The molecule has 1 atom stereocenters. The fourth-order valence-corrected chi connectivity index (χ4v) is 3.68. The van der Waals surface area contributed by atoms with E-state index < -0.39 is 0 Å². The first-order valence-corrected chi connectivity index (χ1v) is 9.12. The topological polar surface area (TPSA) is 67.8 Å². The zero-order valence-electron chi connectivity index (χ0n) is 15.5. The number of nitrogens with one attached hydrogen (secondary N) is 2. The Kier molecular flexibility index (Phi) is 5.07. The first kappa shape index (κ1) is 18.5. The third kappa shape index (κ3) is 3.61. The van der Waals surface area contributed by atoms with Crippen LogP contribution in [0.5, 0.6) is 11.5 Å². The van der Waals surface area contributed by atoms with Gasteiger partial charge in [0.05, 0.1) is 0 Å². The molecule has 2 aromatic carbocycles. The molecule has 1 fully saturated rings. The first-order valence-electron chi connectivity index (χ1n) is 8.71. The van der Waals surface area contributed by atoms with Gasteiger partial charge in [-0.25, -0.2) is 5.43 Å². The van der Waals surface area contributed by atoms with E-state index in [4.69, 9.17) is 12.2 Å². The maximum absolute atomic E-state index is 10.4. The highest BCUT2D eigenvalue weighted by molar-refractivity contribution is 7.80. The lowest BCUT2D eigenvalue weighted by Crippen LogP contribution is -2.29. The molecule has 0 aliphatic carbocycles. The van der Waals surface area contributed by atoms with Crippen LogP contribution in [-0.4, -0.2) is 20.2 Å². The predicted molar refractivity (Wildman–Crippen MR) is 107 cm³/mol. The van der Waals surface area contributed by atoms with Gasteiger partial charge in [0.15, 0.2) is 5.11 Å². The Morgan fingerprint density at radius 1 is 1.04 bits per heavy atom. The molecular formula is C20H25N3O2S. The van der Waals surface area contributed by atoms with Crippen molar-refractivity contribution in [2.24, 2.45) is 0 Å². The summed E-state index contributed by atoms with van der Waals surface area (Å²) in [6, 6.07) is 9.67. The maximum Gasteiger partial charge on any atom is 0.185 e. The van der Waals surface area contributed by atoms with Crippen molar-refractivity contribution in [2.75, 3.05) is 0 Å². The SMILES string of the molecule is Cc1cc(C)cc(CN2C(=S)NNC2c2cc(C(C)C)c(O)cc2O)c1. The van der Waals surface area contributed by atoms with Gasteiger partial charge in [0.25, 0.3) is 0 Å². The minimum atomic E-state index is -0.318. The molecule has 0 aromatic heterocycles. The minimum Gasteiger partial charge on any atom is -0.508 e. The van der Waals surface area contributed by atoms with E-state index in [9.17, 15) is 10.2 Å². The van der Waals surface area contributed by atoms with Gasteiger partial charge in [-0.3, -0.25) is 5.43 Å². The lowest BCUT2D eigenvalue weighted by Gasteiger charge is -2.26. The van der Waals surface area contributed by atoms with Gasteiger partial charge in [0, 0.05) is 18.2 Å². The molecular weight excluding hydrogens is 346 g/mol. The van der Waals surface area contributed by atoms with E-state index >= 15 is 0 Å². The zero-order valence-corrected chi connectivity index (χ0v) is 16.3. The van der Waals surface area contributed by atoms with Gasteiger partial charge in [-0.05, 0) is 49.2 Å². The van der Waals surface area contributed by atoms with Crippen molar-refractivity contribution in [1.29, 1.82) is 0 Å². The summed E-state index contributed by atoms with van der Waals surface area (Å²) < 4.78 is 0. The summed E-state index contributed by atoms with van der Waals surface area (Å²) in [5.74, 6) is 0.292. The van der Waals surface area contributed by atoms with E-state index in [1.807, 2.05) is 24.8 Å². The molecule has 6 heteroatoms.